The summed E-state index contributed by atoms with van der Waals surface area (Å²) in [6.07, 6.45) is 0. The van der Waals surface area contributed by atoms with Crippen LogP contribution in [-0.2, 0) is 32.5 Å². The number of carboxylic acids is 1. The van der Waals surface area contributed by atoms with E-state index in [4.69, 9.17) is 0 Å². The average molecular weight is 417 g/mol. The van der Waals surface area contributed by atoms with Crippen molar-refractivity contribution in [2.75, 3.05) is 0 Å². The van der Waals surface area contributed by atoms with Gasteiger partial charge >= 0.3 is 27.7 Å². The molecule has 2 nitrogen and oxygen atoms in total. The van der Waals surface area contributed by atoms with Crippen LogP contribution in [0, 0.1) is 0 Å². The summed E-state index contributed by atoms with van der Waals surface area (Å²) in [7, 11) is 0. The molecule has 0 bridgehead atoms. The predicted octanol–water partition coefficient (Wildman–Crippen LogP) is -0.150. The third kappa shape index (κ3) is 7.37. The van der Waals surface area contributed by atoms with E-state index in [-0.39, 0.29) is 27.7 Å². The average Bonchev–Trinajstić information content (AvgIpc) is 1.36. The first-order chi connectivity index (χ1) is 2.64. The molecule has 0 aliphatic heterocycles. The third-order valence-corrected chi connectivity index (χ3v) is 0.926. The Morgan fingerprint density at radius 2 is 1.71 bits per heavy atom. The van der Waals surface area contributed by atoms with E-state index in [9.17, 15) is 9.90 Å². The van der Waals surface area contributed by atoms with Crippen LogP contribution >= 0.6 is 31.9 Å². The van der Waals surface area contributed by atoms with Crippen LogP contribution in [0.5, 0.6) is 0 Å². The van der Waals surface area contributed by atoms with Crippen LogP contribution in [0.1, 0.15) is 0 Å². The number of aliphatic carboxylic acids is 1. The maximum Gasteiger partial charge on any atom is 1.00 e. The molecule has 0 aromatic carbocycles. The second-order valence-corrected chi connectivity index (χ2v) is 3.68. The first kappa shape index (κ1) is 11.2. The minimum absolute atomic E-state index is 0. The topological polar surface area (TPSA) is 40.1 Å². The van der Waals surface area contributed by atoms with Crippen molar-refractivity contribution in [1.82, 2.24) is 0 Å². The van der Waals surface area contributed by atoms with Crippen LogP contribution in [0.4, 0.5) is 0 Å². The predicted molar refractivity (Wildman–Crippen MR) is 26.6 cm³/mol. The number of alkyl halides is 2. The van der Waals surface area contributed by atoms with E-state index in [1.165, 1.54) is 0 Å². The number of hydrogen-bond acceptors (Lipinski definition) is 2. The van der Waals surface area contributed by atoms with Gasteiger partial charge in [0.05, 0.1) is 5.97 Å². The molecule has 0 saturated carbocycles. The van der Waals surface area contributed by atoms with Crippen molar-refractivity contribution in [1.29, 1.82) is 0 Å². The van der Waals surface area contributed by atoms with Crippen molar-refractivity contribution >= 4 is 37.8 Å². The van der Waals surface area contributed by atoms with E-state index in [1.54, 1.807) is 0 Å². The van der Waals surface area contributed by atoms with Gasteiger partial charge in [-0.3, -0.25) is 0 Å². The van der Waals surface area contributed by atoms with Gasteiger partial charge in [-0.1, -0.05) is 31.9 Å². The first-order valence-electron chi connectivity index (χ1n) is 1.13. The number of halogens is 2. The third-order valence-electron chi connectivity index (χ3n) is 0.178. The van der Waals surface area contributed by atoms with Crippen LogP contribution in [0.25, 0.3) is 0 Å². The van der Waals surface area contributed by atoms with Crippen molar-refractivity contribution in [3.8, 4) is 0 Å². The fraction of sp³-hybridized carbons (Fsp3) is 0.500. The Morgan fingerprint density at radius 1 is 1.57 bits per heavy atom. The summed E-state index contributed by atoms with van der Waals surface area (Å²) in [4.78, 5) is 9.49. The molecule has 0 amide bonds. The fourth-order valence-electron chi connectivity index (χ4n) is 0. The van der Waals surface area contributed by atoms with Crippen molar-refractivity contribution in [3.63, 3.8) is 0 Å². The van der Waals surface area contributed by atoms with E-state index in [0.717, 1.165) is 0 Å². The zero-order chi connectivity index (χ0) is 5.15. The molecule has 0 fully saturated rings. The Labute approximate surface area is 78.4 Å². The fourth-order valence-corrected chi connectivity index (χ4v) is 0. The number of carbonyl (C=O) groups is 1. The molecule has 0 heterocycles. The van der Waals surface area contributed by atoms with Crippen molar-refractivity contribution < 1.29 is 37.6 Å². The number of hydrogen-bond donors (Lipinski definition) is 0. The number of carbonyl (C=O) groups excluding carboxylic acids is 1. The maximum absolute atomic E-state index is 9.49. The van der Waals surface area contributed by atoms with Crippen molar-refractivity contribution in [2.45, 2.75) is 3.74 Å². The van der Waals surface area contributed by atoms with Gasteiger partial charge in [-0.25, -0.2) is 0 Å². The van der Waals surface area contributed by atoms with Crippen molar-refractivity contribution in [2.24, 2.45) is 0 Å². The summed E-state index contributed by atoms with van der Waals surface area (Å²) in [5.41, 5.74) is 0. The second-order valence-electron chi connectivity index (χ2n) is 0.620. The Morgan fingerprint density at radius 3 is 1.71 bits per heavy atom. The SMILES string of the molecule is O=C([O-])C(Br)Br.[Hg+]. The molecule has 1 radical (unpaired) electrons. The Kier molecular flexibility index (Phi) is 8.80. The van der Waals surface area contributed by atoms with Crippen LogP contribution in [-0.4, -0.2) is 9.71 Å². The Bertz CT molecular complexity index is 64.7. The minimum Gasteiger partial charge on any atom is -0.548 e. The summed E-state index contributed by atoms with van der Waals surface area (Å²) in [6.45, 7) is 0. The molecule has 37 valence electrons. The monoisotopic (exact) mass is 417 g/mol. The van der Waals surface area contributed by atoms with Gasteiger partial charge in [0.25, 0.3) is 0 Å². The van der Waals surface area contributed by atoms with Gasteiger partial charge in [-0.2, -0.15) is 0 Å². The summed E-state index contributed by atoms with van der Waals surface area (Å²) < 4.78 is -0.718. The molecule has 0 aromatic heterocycles. The molecule has 0 unspecified atom stereocenters. The van der Waals surface area contributed by atoms with Crippen LogP contribution in [0.15, 0.2) is 0 Å². The van der Waals surface area contributed by atoms with Gasteiger partial charge in [-0.05, 0) is 0 Å². The molecule has 0 rings (SSSR count). The quantitative estimate of drug-likeness (QED) is 0.440. The van der Waals surface area contributed by atoms with Gasteiger partial charge in [0, 0.05) is 0 Å². The molecule has 0 spiro atoms. The largest absolute Gasteiger partial charge is 1.00 e. The summed E-state index contributed by atoms with van der Waals surface area (Å²) >= 11 is 5.39. The van der Waals surface area contributed by atoms with Gasteiger partial charge in [-0.15, -0.1) is 0 Å². The molecule has 7 heavy (non-hydrogen) atoms. The van der Waals surface area contributed by atoms with E-state index in [1.807, 2.05) is 0 Å². The molecule has 0 atom stereocenters. The standard InChI is InChI=1S/C2H2Br2O2.Hg/c3-1(4)2(5)6;/h1H,(H,5,6);/q;+1/p-1. The van der Waals surface area contributed by atoms with E-state index in [2.05, 4.69) is 31.9 Å². The van der Waals surface area contributed by atoms with E-state index in [0.29, 0.717) is 0 Å². The normalized spacial score (nSPS) is 7.86. The van der Waals surface area contributed by atoms with Crippen LogP contribution in [0.2, 0.25) is 0 Å². The minimum atomic E-state index is -1.16. The first-order valence-corrected chi connectivity index (χ1v) is 2.96. The Balaban J connectivity index is 0. The van der Waals surface area contributed by atoms with Crippen molar-refractivity contribution in [3.05, 3.63) is 0 Å². The molecule has 0 aliphatic rings. The molecular weight excluding hydrogens is 416 g/mol. The molecule has 0 aliphatic carbocycles. The zero-order valence-corrected chi connectivity index (χ0v) is 12.0. The van der Waals surface area contributed by atoms with Gasteiger partial charge in [0.2, 0.25) is 0 Å². The second kappa shape index (κ2) is 5.50. The summed E-state index contributed by atoms with van der Waals surface area (Å²) in [5.74, 6) is -1.16. The number of rotatable bonds is 1. The molecule has 0 aromatic rings. The van der Waals surface area contributed by atoms with Gasteiger partial charge in [0.15, 0.2) is 0 Å². The van der Waals surface area contributed by atoms with E-state index < -0.39 is 9.71 Å². The number of carboxylic acid groups (broad SMARTS) is 1. The molecule has 0 saturated heterocycles. The zero-order valence-electron chi connectivity index (χ0n) is 3.36. The van der Waals surface area contributed by atoms with E-state index >= 15 is 0 Å². The Hall–Kier alpha value is 1.37. The summed E-state index contributed by atoms with van der Waals surface area (Å²) in [5, 5.41) is 9.49. The van der Waals surface area contributed by atoms with Crippen LogP contribution < -0.4 is 5.11 Å². The maximum atomic E-state index is 9.49. The van der Waals surface area contributed by atoms with Gasteiger partial charge < -0.3 is 9.90 Å². The van der Waals surface area contributed by atoms with Crippen LogP contribution in [0.3, 0.4) is 0 Å². The molecule has 5 heteroatoms. The summed E-state index contributed by atoms with van der Waals surface area (Å²) in [6, 6.07) is 0. The molecule has 0 N–H and O–H groups in total. The molecular formula is C2HBr2HgO2. The van der Waals surface area contributed by atoms with Gasteiger partial charge in [0.1, 0.15) is 3.74 Å². The smallest absolute Gasteiger partial charge is 0.548 e.